The highest BCUT2D eigenvalue weighted by molar-refractivity contribution is 8.01. The first-order valence-corrected chi connectivity index (χ1v) is 8.44. The van der Waals surface area contributed by atoms with E-state index in [0.717, 1.165) is 5.56 Å². The Bertz CT molecular complexity index is 482. The molecule has 0 unspecified atom stereocenters. The Morgan fingerprint density at radius 3 is 2.36 bits per heavy atom. The number of amides is 1. The zero-order valence-electron chi connectivity index (χ0n) is 13.5. The Morgan fingerprint density at radius 1 is 1.18 bits per heavy atom. The van der Waals surface area contributed by atoms with Crippen LogP contribution < -0.4 is 0 Å². The van der Waals surface area contributed by atoms with Gasteiger partial charge in [0.2, 0.25) is 5.91 Å². The van der Waals surface area contributed by atoms with Gasteiger partial charge in [-0.25, -0.2) is 0 Å². The van der Waals surface area contributed by atoms with Crippen LogP contribution in [0.25, 0.3) is 0 Å². The molecule has 1 aromatic carbocycles. The van der Waals surface area contributed by atoms with Crippen LogP contribution in [0, 0.1) is 0 Å². The zero-order chi connectivity index (χ0) is 16.6. The standard InChI is InChI=1S/C17H25NO3S/c1-17(2,3)22-13-15(19)18(11-7-10-16(20)21)12-14-8-5-4-6-9-14/h4-6,8-9H,7,10-13H2,1-3H3,(H,20,21). The highest BCUT2D eigenvalue weighted by Gasteiger charge is 2.18. The summed E-state index contributed by atoms with van der Waals surface area (Å²) < 4.78 is 0.0368. The first-order valence-electron chi connectivity index (χ1n) is 7.45. The van der Waals surface area contributed by atoms with Gasteiger partial charge >= 0.3 is 5.97 Å². The van der Waals surface area contributed by atoms with Crippen molar-refractivity contribution in [2.45, 2.75) is 44.9 Å². The van der Waals surface area contributed by atoms with Crippen LogP contribution in [0.3, 0.4) is 0 Å². The van der Waals surface area contributed by atoms with E-state index < -0.39 is 5.97 Å². The lowest BCUT2D eigenvalue weighted by Gasteiger charge is -2.25. The summed E-state index contributed by atoms with van der Waals surface area (Å²) in [7, 11) is 0. The van der Waals surface area contributed by atoms with Gasteiger partial charge in [-0.15, -0.1) is 11.8 Å². The number of rotatable bonds is 8. The van der Waals surface area contributed by atoms with E-state index in [-0.39, 0.29) is 17.1 Å². The Balaban J connectivity index is 2.64. The number of carbonyl (C=O) groups excluding carboxylic acids is 1. The van der Waals surface area contributed by atoms with Gasteiger partial charge in [-0.05, 0) is 12.0 Å². The van der Waals surface area contributed by atoms with Gasteiger partial charge in [0.15, 0.2) is 0 Å². The van der Waals surface area contributed by atoms with Crippen LogP contribution >= 0.6 is 11.8 Å². The Hall–Kier alpha value is -1.49. The van der Waals surface area contributed by atoms with E-state index in [2.05, 4.69) is 20.8 Å². The lowest BCUT2D eigenvalue weighted by molar-refractivity contribution is -0.138. The summed E-state index contributed by atoms with van der Waals surface area (Å²) in [4.78, 5) is 24.8. The molecule has 4 nitrogen and oxygen atoms in total. The largest absolute Gasteiger partial charge is 0.481 e. The molecule has 0 heterocycles. The number of benzene rings is 1. The number of carbonyl (C=O) groups is 2. The monoisotopic (exact) mass is 323 g/mol. The third-order valence-electron chi connectivity index (χ3n) is 3.02. The number of hydrogen-bond donors (Lipinski definition) is 1. The number of hydrogen-bond acceptors (Lipinski definition) is 3. The minimum absolute atomic E-state index is 0.0368. The highest BCUT2D eigenvalue weighted by atomic mass is 32.2. The quantitative estimate of drug-likeness (QED) is 0.796. The van der Waals surface area contributed by atoms with E-state index >= 15 is 0 Å². The Morgan fingerprint density at radius 2 is 1.82 bits per heavy atom. The summed E-state index contributed by atoms with van der Waals surface area (Å²) in [5.74, 6) is -0.339. The summed E-state index contributed by atoms with van der Waals surface area (Å²) in [6.07, 6.45) is 0.569. The minimum Gasteiger partial charge on any atom is -0.481 e. The maximum Gasteiger partial charge on any atom is 0.303 e. The molecule has 1 N–H and O–H groups in total. The molecule has 0 spiro atoms. The average Bonchev–Trinajstić information content (AvgIpc) is 2.43. The van der Waals surface area contributed by atoms with E-state index in [4.69, 9.17) is 5.11 Å². The molecular weight excluding hydrogens is 298 g/mol. The van der Waals surface area contributed by atoms with Crippen molar-refractivity contribution in [3.05, 3.63) is 35.9 Å². The number of carboxylic acid groups (broad SMARTS) is 1. The molecule has 22 heavy (non-hydrogen) atoms. The fourth-order valence-corrected chi connectivity index (χ4v) is 2.63. The Kier molecular flexibility index (Phi) is 7.45. The van der Waals surface area contributed by atoms with Crippen LogP contribution in [0.15, 0.2) is 30.3 Å². The summed E-state index contributed by atoms with van der Waals surface area (Å²) in [6, 6.07) is 9.79. The molecule has 0 saturated carbocycles. The van der Waals surface area contributed by atoms with E-state index in [1.54, 1.807) is 16.7 Å². The molecule has 0 aromatic heterocycles. The molecule has 0 radical (unpaired) electrons. The predicted molar refractivity (Wildman–Crippen MR) is 90.9 cm³/mol. The van der Waals surface area contributed by atoms with E-state index in [9.17, 15) is 9.59 Å². The van der Waals surface area contributed by atoms with Gasteiger partial charge in [-0.3, -0.25) is 9.59 Å². The molecule has 1 amide bonds. The number of nitrogens with zero attached hydrogens (tertiary/aromatic N) is 1. The third kappa shape index (κ3) is 8.08. The molecular formula is C17H25NO3S. The second-order valence-corrected chi connectivity index (χ2v) is 8.00. The van der Waals surface area contributed by atoms with Crippen molar-refractivity contribution < 1.29 is 14.7 Å². The molecule has 5 heteroatoms. The summed E-state index contributed by atoms with van der Waals surface area (Å²) in [6.45, 7) is 7.25. The van der Waals surface area contributed by atoms with Gasteiger partial charge in [0.05, 0.1) is 5.75 Å². The lowest BCUT2D eigenvalue weighted by atomic mass is 10.2. The predicted octanol–water partition coefficient (Wildman–Crippen LogP) is 3.41. The molecule has 0 bridgehead atoms. The van der Waals surface area contributed by atoms with Crippen molar-refractivity contribution in [1.29, 1.82) is 0 Å². The van der Waals surface area contributed by atoms with Gasteiger partial charge in [0.25, 0.3) is 0 Å². The number of carboxylic acids is 1. The molecule has 0 atom stereocenters. The van der Waals surface area contributed by atoms with E-state index in [0.29, 0.717) is 25.3 Å². The van der Waals surface area contributed by atoms with Crippen LogP contribution in [-0.2, 0) is 16.1 Å². The van der Waals surface area contributed by atoms with Crippen molar-refractivity contribution in [2.75, 3.05) is 12.3 Å². The van der Waals surface area contributed by atoms with Crippen molar-refractivity contribution in [1.82, 2.24) is 4.90 Å². The summed E-state index contributed by atoms with van der Waals surface area (Å²) >= 11 is 1.61. The molecule has 1 rings (SSSR count). The lowest BCUT2D eigenvalue weighted by Crippen LogP contribution is -2.34. The average molecular weight is 323 g/mol. The van der Waals surface area contributed by atoms with Crippen LogP contribution in [0.5, 0.6) is 0 Å². The van der Waals surface area contributed by atoms with Crippen molar-refractivity contribution in [3.63, 3.8) is 0 Å². The van der Waals surface area contributed by atoms with Gasteiger partial charge < -0.3 is 10.0 Å². The SMILES string of the molecule is CC(C)(C)SCC(=O)N(CCCC(=O)O)Cc1ccccc1. The van der Waals surface area contributed by atoms with Crippen molar-refractivity contribution in [3.8, 4) is 0 Å². The highest BCUT2D eigenvalue weighted by Crippen LogP contribution is 2.23. The molecule has 0 fully saturated rings. The molecule has 0 saturated heterocycles. The van der Waals surface area contributed by atoms with Crippen LogP contribution in [-0.4, -0.2) is 38.9 Å². The number of aliphatic carboxylic acids is 1. The topological polar surface area (TPSA) is 57.6 Å². The van der Waals surface area contributed by atoms with Gasteiger partial charge in [0, 0.05) is 24.3 Å². The maximum atomic E-state index is 12.4. The summed E-state index contributed by atoms with van der Waals surface area (Å²) in [5.41, 5.74) is 1.06. The molecule has 0 aliphatic carbocycles. The zero-order valence-corrected chi connectivity index (χ0v) is 14.4. The van der Waals surface area contributed by atoms with E-state index in [1.165, 1.54) is 0 Å². The number of thioether (sulfide) groups is 1. The van der Waals surface area contributed by atoms with Crippen LogP contribution in [0.1, 0.15) is 39.2 Å². The van der Waals surface area contributed by atoms with Crippen molar-refractivity contribution >= 4 is 23.6 Å². The second kappa shape index (κ2) is 8.83. The fraction of sp³-hybridized carbons (Fsp3) is 0.529. The van der Waals surface area contributed by atoms with Crippen LogP contribution in [0.4, 0.5) is 0 Å². The van der Waals surface area contributed by atoms with Crippen molar-refractivity contribution in [2.24, 2.45) is 0 Å². The molecule has 0 aliphatic heterocycles. The molecule has 0 aliphatic rings. The maximum absolute atomic E-state index is 12.4. The van der Waals surface area contributed by atoms with Crippen LogP contribution in [0.2, 0.25) is 0 Å². The molecule has 1 aromatic rings. The summed E-state index contributed by atoms with van der Waals surface area (Å²) in [5, 5.41) is 8.76. The first-order chi connectivity index (χ1) is 10.3. The first kappa shape index (κ1) is 18.6. The third-order valence-corrected chi connectivity index (χ3v) is 4.27. The van der Waals surface area contributed by atoms with E-state index in [1.807, 2.05) is 30.3 Å². The Labute approximate surface area is 136 Å². The molecule has 122 valence electrons. The smallest absolute Gasteiger partial charge is 0.303 e. The van der Waals surface area contributed by atoms with Gasteiger partial charge in [-0.2, -0.15) is 0 Å². The fourth-order valence-electron chi connectivity index (χ4n) is 1.89. The minimum atomic E-state index is -0.823. The van der Waals surface area contributed by atoms with Gasteiger partial charge in [0.1, 0.15) is 0 Å². The second-order valence-electron chi connectivity index (χ2n) is 6.20. The normalized spacial score (nSPS) is 11.2. The van der Waals surface area contributed by atoms with Gasteiger partial charge in [-0.1, -0.05) is 51.1 Å².